The monoisotopic (exact) mass is 477 g/mol. The number of non-ortho nitro benzene ring substituents is 1. The van der Waals surface area contributed by atoms with Crippen LogP contribution < -0.4 is 4.74 Å². The van der Waals surface area contributed by atoms with Crippen molar-refractivity contribution < 1.29 is 9.66 Å². The van der Waals surface area contributed by atoms with Crippen molar-refractivity contribution in [2.45, 2.75) is 32.5 Å². The van der Waals surface area contributed by atoms with Crippen LogP contribution >= 0.6 is 15.9 Å². The van der Waals surface area contributed by atoms with Crippen molar-refractivity contribution in [2.75, 3.05) is 0 Å². The number of rotatable bonds is 3. The summed E-state index contributed by atoms with van der Waals surface area (Å²) in [5, 5.41) is 18.3. The van der Waals surface area contributed by atoms with Gasteiger partial charge in [-0.3, -0.25) is 10.1 Å². The maximum absolute atomic E-state index is 11.3. The molecule has 0 saturated carbocycles. The molecule has 7 heteroatoms. The molecule has 0 amide bonds. The molecule has 6 nitrogen and oxygen atoms in total. The molecule has 2 heterocycles. The van der Waals surface area contributed by atoms with E-state index in [4.69, 9.17) is 9.84 Å². The van der Waals surface area contributed by atoms with Gasteiger partial charge in [-0.05, 0) is 43.7 Å². The Hall–Kier alpha value is -3.19. The van der Waals surface area contributed by atoms with Crippen molar-refractivity contribution in [3.8, 4) is 5.75 Å². The summed E-state index contributed by atoms with van der Waals surface area (Å²) in [6.45, 7) is 4.17. The number of nitrogens with zero attached hydrogens (tertiary/aromatic N) is 3. The van der Waals surface area contributed by atoms with Crippen LogP contribution in [0.2, 0.25) is 0 Å². The fraction of sp³-hybridized carbons (Fsp3) is 0.208. The molecule has 5 rings (SSSR count). The van der Waals surface area contributed by atoms with Gasteiger partial charge in [-0.15, -0.1) is 0 Å². The van der Waals surface area contributed by atoms with Crippen LogP contribution in [0.1, 0.15) is 46.5 Å². The minimum atomic E-state index is -0.541. The SMILES string of the molecule is Cc1ccc(C)c(C2=NN3[C@@H](C2)c2cc(Br)ccc2O[C@H]3c2cccc([N+](=O)[O-])c2)c1. The molecule has 3 aromatic rings. The second kappa shape index (κ2) is 7.50. The highest BCUT2D eigenvalue weighted by Gasteiger charge is 2.41. The van der Waals surface area contributed by atoms with E-state index in [9.17, 15) is 10.1 Å². The minimum Gasteiger partial charge on any atom is -0.464 e. The Kier molecular flexibility index (Phi) is 4.78. The molecule has 2 aliphatic heterocycles. The van der Waals surface area contributed by atoms with Gasteiger partial charge in [-0.1, -0.05) is 45.8 Å². The Morgan fingerprint density at radius 3 is 2.77 bits per heavy atom. The molecule has 156 valence electrons. The van der Waals surface area contributed by atoms with Gasteiger partial charge in [-0.25, -0.2) is 5.01 Å². The van der Waals surface area contributed by atoms with Crippen molar-refractivity contribution in [2.24, 2.45) is 5.10 Å². The van der Waals surface area contributed by atoms with E-state index in [-0.39, 0.29) is 16.7 Å². The van der Waals surface area contributed by atoms with Gasteiger partial charge in [0.05, 0.1) is 16.7 Å². The molecule has 3 aromatic carbocycles. The van der Waals surface area contributed by atoms with Crippen LogP contribution in [-0.4, -0.2) is 15.6 Å². The first kappa shape index (κ1) is 19.8. The molecule has 2 aliphatic rings. The number of aryl methyl sites for hydroxylation is 2. The van der Waals surface area contributed by atoms with Gasteiger partial charge in [0.1, 0.15) is 5.75 Å². The number of halogens is 1. The highest BCUT2D eigenvalue weighted by atomic mass is 79.9. The number of fused-ring (bicyclic) bond motifs is 3. The second-order valence-corrected chi connectivity index (χ2v) is 8.89. The van der Waals surface area contributed by atoms with Crippen LogP contribution in [0.15, 0.2) is 70.2 Å². The number of nitro benzene ring substituents is 1. The van der Waals surface area contributed by atoms with Gasteiger partial charge in [0.15, 0.2) is 0 Å². The highest BCUT2D eigenvalue weighted by Crippen LogP contribution is 2.48. The van der Waals surface area contributed by atoms with Crippen LogP contribution in [0.25, 0.3) is 0 Å². The number of hydrogen-bond donors (Lipinski definition) is 0. The van der Waals surface area contributed by atoms with Crippen LogP contribution in [0, 0.1) is 24.0 Å². The van der Waals surface area contributed by atoms with Gasteiger partial charge in [0.25, 0.3) is 5.69 Å². The van der Waals surface area contributed by atoms with E-state index in [1.54, 1.807) is 12.1 Å². The summed E-state index contributed by atoms with van der Waals surface area (Å²) in [5.74, 6) is 0.776. The largest absolute Gasteiger partial charge is 0.464 e. The lowest BCUT2D eigenvalue weighted by Crippen LogP contribution is -2.33. The normalized spacial score (nSPS) is 19.3. The molecule has 0 N–H and O–H groups in total. The molecule has 31 heavy (non-hydrogen) atoms. The quantitative estimate of drug-likeness (QED) is 0.331. The van der Waals surface area contributed by atoms with Crippen molar-refractivity contribution in [3.05, 3.63) is 103 Å². The molecule has 0 fully saturated rings. The van der Waals surface area contributed by atoms with E-state index in [2.05, 4.69) is 54.0 Å². The molecular weight excluding hydrogens is 458 g/mol. The number of ether oxygens (including phenoxy) is 1. The maximum Gasteiger partial charge on any atom is 0.269 e. The summed E-state index contributed by atoms with van der Waals surface area (Å²) in [6, 6.07) is 18.9. The molecule has 0 aliphatic carbocycles. The van der Waals surface area contributed by atoms with Crippen molar-refractivity contribution in [1.29, 1.82) is 0 Å². The zero-order chi connectivity index (χ0) is 21.7. The number of hydrogen-bond acceptors (Lipinski definition) is 5. The van der Waals surface area contributed by atoms with Crippen LogP contribution in [-0.2, 0) is 0 Å². The maximum atomic E-state index is 11.3. The zero-order valence-electron chi connectivity index (χ0n) is 17.1. The van der Waals surface area contributed by atoms with Gasteiger partial charge in [0, 0.05) is 39.7 Å². The third kappa shape index (κ3) is 3.49. The topological polar surface area (TPSA) is 68.0 Å². The first-order chi connectivity index (χ1) is 14.9. The summed E-state index contributed by atoms with van der Waals surface area (Å²) < 4.78 is 7.31. The Bertz CT molecular complexity index is 1240. The predicted molar refractivity (Wildman–Crippen MR) is 122 cm³/mol. The van der Waals surface area contributed by atoms with Crippen LogP contribution in [0.3, 0.4) is 0 Å². The standard InChI is InChI=1S/C24H20BrN3O3/c1-14-6-7-15(2)19(10-14)21-13-22-20-12-17(25)8-9-23(20)31-24(27(22)26-21)16-4-3-5-18(11-16)28(29)30/h3-12,22,24H,13H2,1-2H3/t22-,24-/m0/s1. The lowest BCUT2D eigenvalue weighted by molar-refractivity contribution is -0.385. The average Bonchev–Trinajstić information content (AvgIpc) is 3.20. The third-order valence-corrected chi connectivity index (χ3v) is 6.32. The highest BCUT2D eigenvalue weighted by molar-refractivity contribution is 9.10. The van der Waals surface area contributed by atoms with Gasteiger partial charge in [0.2, 0.25) is 6.23 Å². The molecule has 0 saturated heterocycles. The first-order valence-electron chi connectivity index (χ1n) is 10.0. The summed E-state index contributed by atoms with van der Waals surface area (Å²) in [7, 11) is 0. The van der Waals surface area contributed by atoms with Crippen LogP contribution in [0.5, 0.6) is 5.75 Å². The molecule has 0 radical (unpaired) electrons. The smallest absolute Gasteiger partial charge is 0.269 e. The lowest BCUT2D eigenvalue weighted by Gasteiger charge is -2.38. The number of hydrazone groups is 1. The Labute approximate surface area is 188 Å². The lowest BCUT2D eigenvalue weighted by atomic mass is 9.93. The molecule has 0 spiro atoms. The van der Waals surface area contributed by atoms with Crippen LogP contribution in [0.4, 0.5) is 5.69 Å². The van der Waals surface area contributed by atoms with Gasteiger partial charge in [-0.2, -0.15) is 5.10 Å². The summed E-state index contributed by atoms with van der Waals surface area (Å²) in [6.07, 6.45) is 0.198. The third-order valence-electron chi connectivity index (χ3n) is 5.82. The molecular formula is C24H20BrN3O3. The van der Waals surface area contributed by atoms with Crippen molar-refractivity contribution in [3.63, 3.8) is 0 Å². The first-order valence-corrected chi connectivity index (χ1v) is 10.8. The van der Waals surface area contributed by atoms with E-state index in [0.29, 0.717) is 5.56 Å². The predicted octanol–water partition coefficient (Wildman–Crippen LogP) is 6.22. The van der Waals surface area contributed by atoms with E-state index in [1.807, 2.05) is 23.2 Å². The van der Waals surface area contributed by atoms with E-state index in [0.717, 1.165) is 33.5 Å². The zero-order valence-corrected chi connectivity index (χ0v) is 18.7. The number of nitro groups is 1. The average molecular weight is 478 g/mol. The van der Waals surface area contributed by atoms with Gasteiger partial charge >= 0.3 is 0 Å². The fourth-order valence-electron chi connectivity index (χ4n) is 4.28. The van der Waals surface area contributed by atoms with E-state index < -0.39 is 6.23 Å². The molecule has 0 aromatic heterocycles. The molecule has 0 bridgehead atoms. The Morgan fingerprint density at radius 2 is 1.97 bits per heavy atom. The fourth-order valence-corrected chi connectivity index (χ4v) is 4.66. The summed E-state index contributed by atoms with van der Waals surface area (Å²) >= 11 is 3.57. The summed E-state index contributed by atoms with van der Waals surface area (Å²) in [5.41, 5.74) is 6.28. The van der Waals surface area contributed by atoms with Gasteiger partial charge < -0.3 is 4.74 Å². The minimum absolute atomic E-state index is 0.0135. The second-order valence-electron chi connectivity index (χ2n) is 7.97. The van der Waals surface area contributed by atoms with Crippen molar-refractivity contribution >= 4 is 27.3 Å². The van der Waals surface area contributed by atoms with E-state index in [1.165, 1.54) is 17.2 Å². The van der Waals surface area contributed by atoms with Crippen molar-refractivity contribution in [1.82, 2.24) is 5.01 Å². The van der Waals surface area contributed by atoms with E-state index >= 15 is 0 Å². The summed E-state index contributed by atoms with van der Waals surface area (Å²) in [4.78, 5) is 10.9. The Balaban J connectivity index is 1.63. The molecule has 2 atom stereocenters. The Morgan fingerprint density at radius 1 is 1.13 bits per heavy atom. The molecule has 0 unspecified atom stereocenters. The number of benzene rings is 3.